The van der Waals surface area contributed by atoms with Gasteiger partial charge in [-0.1, -0.05) is 12.1 Å². The van der Waals surface area contributed by atoms with Crippen LogP contribution in [0.15, 0.2) is 71.6 Å². The summed E-state index contributed by atoms with van der Waals surface area (Å²) in [5.74, 6) is 0.464. The summed E-state index contributed by atoms with van der Waals surface area (Å²) in [4.78, 5) is 14.0. The molecular formula is C24H25FN2O5S. The lowest BCUT2D eigenvalue weighted by molar-refractivity contribution is -0.132. The molecule has 0 aliphatic carbocycles. The van der Waals surface area contributed by atoms with Crippen LogP contribution >= 0.6 is 0 Å². The van der Waals surface area contributed by atoms with E-state index in [2.05, 4.69) is 4.72 Å². The number of methoxy groups -OCH3 is 1. The van der Waals surface area contributed by atoms with E-state index < -0.39 is 15.8 Å². The van der Waals surface area contributed by atoms with Gasteiger partial charge in [-0.3, -0.25) is 9.52 Å². The van der Waals surface area contributed by atoms with Gasteiger partial charge in [0.05, 0.1) is 12.0 Å². The number of carbonyl (C=O) groups excluding carboxylic acids is 1. The molecule has 33 heavy (non-hydrogen) atoms. The Hall–Kier alpha value is -3.59. The van der Waals surface area contributed by atoms with Crippen LogP contribution in [0.1, 0.15) is 11.1 Å². The number of likely N-dealkylation sites (N-methyl/N-ethyl adjacent to an activating group) is 1. The highest BCUT2D eigenvalue weighted by Gasteiger charge is 2.17. The number of rotatable bonds is 9. The zero-order valence-electron chi connectivity index (χ0n) is 18.5. The Balaban J connectivity index is 1.60. The van der Waals surface area contributed by atoms with E-state index >= 15 is 0 Å². The summed E-state index contributed by atoms with van der Waals surface area (Å²) in [5, 5.41) is 0. The molecule has 9 heteroatoms. The fraction of sp³-hybridized carbons (Fsp3) is 0.208. The highest BCUT2D eigenvalue weighted by atomic mass is 32.2. The van der Waals surface area contributed by atoms with Crippen LogP contribution in [-0.4, -0.2) is 40.0 Å². The number of halogens is 1. The highest BCUT2D eigenvalue weighted by molar-refractivity contribution is 7.92. The summed E-state index contributed by atoms with van der Waals surface area (Å²) in [7, 11) is -0.591. The van der Waals surface area contributed by atoms with E-state index in [0.717, 1.165) is 11.3 Å². The summed E-state index contributed by atoms with van der Waals surface area (Å²) in [6.07, 6.45) is 0. The van der Waals surface area contributed by atoms with Gasteiger partial charge in [0, 0.05) is 19.3 Å². The maximum atomic E-state index is 13.0. The fourth-order valence-electron chi connectivity index (χ4n) is 3.03. The molecule has 0 heterocycles. The second-order valence-electron chi connectivity index (χ2n) is 7.43. The lowest BCUT2D eigenvalue weighted by Crippen LogP contribution is -2.31. The van der Waals surface area contributed by atoms with Crippen molar-refractivity contribution in [3.05, 3.63) is 83.7 Å². The molecule has 0 aromatic heterocycles. The predicted octanol–water partition coefficient (Wildman–Crippen LogP) is 3.98. The highest BCUT2D eigenvalue weighted by Crippen LogP contribution is 2.24. The monoisotopic (exact) mass is 472 g/mol. The van der Waals surface area contributed by atoms with Crippen molar-refractivity contribution in [2.45, 2.75) is 18.4 Å². The van der Waals surface area contributed by atoms with Crippen molar-refractivity contribution < 1.29 is 27.1 Å². The van der Waals surface area contributed by atoms with Crippen molar-refractivity contribution in [2.24, 2.45) is 0 Å². The van der Waals surface area contributed by atoms with E-state index in [9.17, 15) is 17.6 Å². The molecule has 0 spiro atoms. The number of hydrogen-bond acceptors (Lipinski definition) is 5. The third-order valence-electron chi connectivity index (χ3n) is 4.91. The number of anilines is 1. The van der Waals surface area contributed by atoms with Crippen LogP contribution in [-0.2, 0) is 21.4 Å². The number of hydrogen-bond donors (Lipinski definition) is 1. The van der Waals surface area contributed by atoms with Crippen LogP contribution in [0.2, 0.25) is 0 Å². The molecule has 0 unspecified atom stereocenters. The summed E-state index contributed by atoms with van der Waals surface area (Å²) >= 11 is 0. The van der Waals surface area contributed by atoms with Gasteiger partial charge in [-0.25, -0.2) is 12.8 Å². The van der Waals surface area contributed by atoms with E-state index in [1.807, 2.05) is 24.3 Å². The third-order valence-corrected chi connectivity index (χ3v) is 6.29. The molecule has 0 saturated carbocycles. The van der Waals surface area contributed by atoms with Crippen LogP contribution in [0.3, 0.4) is 0 Å². The van der Waals surface area contributed by atoms with Crippen molar-refractivity contribution in [1.82, 2.24) is 4.90 Å². The van der Waals surface area contributed by atoms with E-state index in [1.54, 1.807) is 26.0 Å². The molecule has 3 rings (SSSR count). The number of aryl methyl sites for hydroxylation is 1. The third kappa shape index (κ3) is 6.45. The van der Waals surface area contributed by atoms with Crippen molar-refractivity contribution in [1.29, 1.82) is 0 Å². The molecule has 0 bridgehead atoms. The average molecular weight is 473 g/mol. The lowest BCUT2D eigenvalue weighted by Gasteiger charge is -2.18. The van der Waals surface area contributed by atoms with Gasteiger partial charge in [0.25, 0.3) is 15.9 Å². The fourth-order valence-corrected chi connectivity index (χ4v) is 4.17. The first-order chi connectivity index (χ1) is 15.7. The van der Waals surface area contributed by atoms with Crippen molar-refractivity contribution in [3.8, 4) is 11.5 Å². The van der Waals surface area contributed by atoms with Crippen LogP contribution < -0.4 is 14.2 Å². The first-order valence-corrected chi connectivity index (χ1v) is 11.5. The molecule has 3 aromatic carbocycles. The molecule has 1 N–H and O–H groups in total. The molecule has 7 nitrogen and oxygen atoms in total. The van der Waals surface area contributed by atoms with Crippen molar-refractivity contribution in [2.75, 3.05) is 25.5 Å². The summed E-state index contributed by atoms with van der Waals surface area (Å²) in [6.45, 7) is 1.92. The van der Waals surface area contributed by atoms with Gasteiger partial charge in [-0.2, -0.15) is 0 Å². The van der Waals surface area contributed by atoms with Gasteiger partial charge in [-0.15, -0.1) is 0 Å². The molecule has 0 radical (unpaired) electrons. The molecule has 0 saturated heterocycles. The minimum Gasteiger partial charge on any atom is -0.497 e. The minimum absolute atomic E-state index is 0.0274. The Bertz CT molecular complexity index is 1210. The second kappa shape index (κ2) is 10.4. The Morgan fingerprint density at radius 1 is 1.03 bits per heavy atom. The van der Waals surface area contributed by atoms with Gasteiger partial charge in [0.15, 0.2) is 6.61 Å². The van der Waals surface area contributed by atoms with Crippen molar-refractivity contribution >= 4 is 21.6 Å². The zero-order valence-corrected chi connectivity index (χ0v) is 19.4. The minimum atomic E-state index is -3.86. The number of nitrogens with one attached hydrogen (secondary N) is 1. The second-order valence-corrected chi connectivity index (χ2v) is 9.11. The van der Waals surface area contributed by atoms with Gasteiger partial charge in [0.2, 0.25) is 0 Å². The maximum Gasteiger partial charge on any atom is 0.261 e. The molecule has 0 fully saturated rings. The Labute approximate surface area is 192 Å². The lowest BCUT2D eigenvalue weighted by atomic mass is 10.2. The van der Waals surface area contributed by atoms with Crippen molar-refractivity contribution in [3.63, 3.8) is 0 Å². The van der Waals surface area contributed by atoms with Gasteiger partial charge in [-0.05, 0) is 72.6 Å². The summed E-state index contributed by atoms with van der Waals surface area (Å²) in [6, 6.07) is 16.8. The zero-order chi connectivity index (χ0) is 24.0. The molecular weight excluding hydrogens is 447 g/mol. The van der Waals surface area contributed by atoms with E-state index in [0.29, 0.717) is 17.9 Å². The predicted molar refractivity (Wildman–Crippen MR) is 123 cm³/mol. The number of carbonyl (C=O) groups is 1. The molecule has 1 amide bonds. The average Bonchev–Trinajstić information content (AvgIpc) is 2.79. The van der Waals surface area contributed by atoms with E-state index in [4.69, 9.17) is 9.47 Å². The van der Waals surface area contributed by atoms with Crippen LogP contribution in [0.25, 0.3) is 0 Å². The first kappa shape index (κ1) is 24.1. The maximum absolute atomic E-state index is 13.0. The smallest absolute Gasteiger partial charge is 0.261 e. The topological polar surface area (TPSA) is 84.9 Å². The van der Waals surface area contributed by atoms with Crippen LogP contribution in [0.4, 0.5) is 10.1 Å². The van der Waals surface area contributed by atoms with Crippen LogP contribution in [0, 0.1) is 12.7 Å². The Kier molecular flexibility index (Phi) is 7.55. The normalized spacial score (nSPS) is 11.0. The molecule has 174 valence electrons. The van der Waals surface area contributed by atoms with Gasteiger partial charge < -0.3 is 14.4 Å². The summed E-state index contributed by atoms with van der Waals surface area (Å²) < 4.78 is 51.4. The SMILES string of the molecule is COc1ccc(CN(C)C(=O)COc2ccc(S(=O)(=O)Nc3ccc(F)cc3)cc2C)cc1. The Morgan fingerprint density at radius 3 is 2.30 bits per heavy atom. The largest absolute Gasteiger partial charge is 0.497 e. The number of amides is 1. The van der Waals surface area contributed by atoms with Crippen LogP contribution in [0.5, 0.6) is 11.5 Å². The van der Waals surface area contributed by atoms with Gasteiger partial charge >= 0.3 is 0 Å². The first-order valence-electron chi connectivity index (χ1n) is 10.1. The van der Waals surface area contributed by atoms with E-state index in [1.165, 1.54) is 42.5 Å². The Morgan fingerprint density at radius 2 is 1.70 bits per heavy atom. The standard InChI is InChI=1S/C24H25FN2O5S/c1-17-14-22(33(29,30)26-20-8-6-19(25)7-9-20)12-13-23(17)32-16-24(28)27(2)15-18-4-10-21(31-3)11-5-18/h4-14,26H,15-16H2,1-3H3. The number of benzene rings is 3. The number of sulfonamides is 1. The molecule has 0 aliphatic rings. The number of nitrogens with zero attached hydrogens (tertiary/aromatic N) is 1. The molecule has 0 aliphatic heterocycles. The number of ether oxygens (including phenoxy) is 2. The molecule has 0 atom stereocenters. The van der Waals surface area contributed by atoms with E-state index in [-0.39, 0.29) is 23.1 Å². The summed E-state index contributed by atoms with van der Waals surface area (Å²) in [5.41, 5.74) is 1.76. The molecule has 3 aromatic rings. The quantitative estimate of drug-likeness (QED) is 0.509. The van der Waals surface area contributed by atoms with Gasteiger partial charge in [0.1, 0.15) is 17.3 Å².